The molecule has 1 atom stereocenters. The first kappa shape index (κ1) is 19.4. The molecule has 27 heavy (non-hydrogen) atoms. The molecule has 7 heteroatoms. The Morgan fingerprint density at radius 2 is 1.96 bits per heavy atom. The number of phenolic OH excluding ortho intramolecular Hbond substituents is 1. The topological polar surface area (TPSA) is 120 Å². The summed E-state index contributed by atoms with van der Waals surface area (Å²) in [7, 11) is 0. The number of hydrogen-bond donors (Lipinski definition) is 4. The van der Waals surface area contributed by atoms with Crippen molar-refractivity contribution in [1.82, 2.24) is 0 Å². The first-order valence-electron chi connectivity index (χ1n) is 8.68. The van der Waals surface area contributed by atoms with Crippen LogP contribution in [0, 0.1) is 0 Å². The SMILES string of the molecule is CC1(C)C=Cc2c(c(CC(O)C(C)(C)O)c3oc(CO)cc(=O)c3c2O)O1. The van der Waals surface area contributed by atoms with Crippen molar-refractivity contribution in [3.8, 4) is 11.5 Å². The zero-order valence-corrected chi connectivity index (χ0v) is 15.7. The van der Waals surface area contributed by atoms with Gasteiger partial charge in [-0.2, -0.15) is 0 Å². The number of aliphatic hydroxyl groups excluding tert-OH is 2. The lowest BCUT2D eigenvalue weighted by atomic mass is 9.90. The molecule has 0 radical (unpaired) electrons. The van der Waals surface area contributed by atoms with E-state index in [1.165, 1.54) is 13.8 Å². The van der Waals surface area contributed by atoms with E-state index in [0.717, 1.165) is 6.07 Å². The smallest absolute Gasteiger partial charge is 0.196 e. The summed E-state index contributed by atoms with van der Waals surface area (Å²) >= 11 is 0. The maximum Gasteiger partial charge on any atom is 0.196 e. The molecule has 0 spiro atoms. The summed E-state index contributed by atoms with van der Waals surface area (Å²) in [6.07, 6.45) is 2.15. The minimum atomic E-state index is -1.41. The van der Waals surface area contributed by atoms with Crippen molar-refractivity contribution in [2.75, 3.05) is 0 Å². The second-order valence-electron chi connectivity index (χ2n) is 7.92. The van der Waals surface area contributed by atoms with Crippen LogP contribution in [0.15, 0.2) is 21.4 Å². The number of fused-ring (bicyclic) bond motifs is 2. The van der Waals surface area contributed by atoms with E-state index in [-0.39, 0.29) is 34.6 Å². The van der Waals surface area contributed by atoms with Gasteiger partial charge in [-0.15, -0.1) is 0 Å². The van der Waals surface area contributed by atoms with Gasteiger partial charge in [-0.05, 0) is 39.8 Å². The highest BCUT2D eigenvalue weighted by Crippen LogP contribution is 2.45. The number of benzene rings is 1. The van der Waals surface area contributed by atoms with Gasteiger partial charge in [-0.25, -0.2) is 0 Å². The van der Waals surface area contributed by atoms with Gasteiger partial charge in [0.25, 0.3) is 0 Å². The lowest BCUT2D eigenvalue weighted by Crippen LogP contribution is -2.38. The molecule has 0 fully saturated rings. The van der Waals surface area contributed by atoms with Crippen molar-refractivity contribution in [3.63, 3.8) is 0 Å². The molecule has 0 saturated heterocycles. The van der Waals surface area contributed by atoms with E-state index in [2.05, 4.69) is 0 Å². The second kappa shape index (κ2) is 6.37. The second-order valence-corrected chi connectivity index (χ2v) is 7.92. The van der Waals surface area contributed by atoms with Crippen LogP contribution in [0.1, 0.15) is 44.6 Å². The summed E-state index contributed by atoms with van der Waals surface area (Å²) in [6.45, 7) is 6.08. The highest BCUT2D eigenvalue weighted by molar-refractivity contribution is 5.94. The molecule has 0 aliphatic carbocycles. The molecule has 1 aliphatic rings. The number of ether oxygens (including phenoxy) is 1. The van der Waals surface area contributed by atoms with Crippen LogP contribution in [0.5, 0.6) is 11.5 Å². The Bertz CT molecular complexity index is 977. The monoisotopic (exact) mass is 376 g/mol. The Balaban J connectivity index is 2.39. The van der Waals surface area contributed by atoms with Gasteiger partial charge in [0, 0.05) is 18.1 Å². The number of aliphatic hydroxyl groups is 3. The van der Waals surface area contributed by atoms with E-state index in [9.17, 15) is 25.2 Å². The molecule has 146 valence electrons. The predicted octanol–water partition coefficient (Wildman–Crippen LogP) is 1.85. The van der Waals surface area contributed by atoms with Gasteiger partial charge in [-0.3, -0.25) is 4.79 Å². The van der Waals surface area contributed by atoms with Gasteiger partial charge in [0.1, 0.15) is 40.4 Å². The molecular weight excluding hydrogens is 352 g/mol. The largest absolute Gasteiger partial charge is 0.506 e. The molecule has 0 amide bonds. The average molecular weight is 376 g/mol. The number of phenols is 1. The van der Waals surface area contributed by atoms with Crippen molar-refractivity contribution >= 4 is 17.0 Å². The van der Waals surface area contributed by atoms with Crippen LogP contribution in [0.25, 0.3) is 17.0 Å². The van der Waals surface area contributed by atoms with E-state index < -0.39 is 29.3 Å². The molecule has 0 saturated carbocycles. The van der Waals surface area contributed by atoms with Gasteiger partial charge in [0.05, 0.1) is 17.3 Å². The molecule has 4 N–H and O–H groups in total. The van der Waals surface area contributed by atoms with Gasteiger partial charge >= 0.3 is 0 Å². The fourth-order valence-corrected chi connectivity index (χ4v) is 3.05. The van der Waals surface area contributed by atoms with Gasteiger partial charge in [0.2, 0.25) is 0 Å². The quantitative estimate of drug-likeness (QED) is 0.643. The molecule has 1 unspecified atom stereocenters. The molecule has 0 bridgehead atoms. The van der Waals surface area contributed by atoms with Crippen LogP contribution in [0.4, 0.5) is 0 Å². The zero-order chi connectivity index (χ0) is 20.1. The summed E-state index contributed by atoms with van der Waals surface area (Å²) in [6, 6.07) is 1.11. The highest BCUT2D eigenvalue weighted by Gasteiger charge is 2.33. The molecule has 1 aromatic carbocycles. The van der Waals surface area contributed by atoms with Crippen molar-refractivity contribution in [2.45, 2.75) is 58.0 Å². The van der Waals surface area contributed by atoms with Crippen molar-refractivity contribution in [3.05, 3.63) is 39.3 Å². The molecule has 1 aliphatic heterocycles. The summed E-state index contributed by atoms with van der Waals surface area (Å²) < 4.78 is 11.6. The number of hydrogen-bond acceptors (Lipinski definition) is 7. The predicted molar refractivity (Wildman–Crippen MR) is 99.8 cm³/mol. The third kappa shape index (κ3) is 3.45. The minimum absolute atomic E-state index is 0.0245. The summed E-state index contributed by atoms with van der Waals surface area (Å²) in [5.41, 5.74) is -1.93. The summed E-state index contributed by atoms with van der Waals surface area (Å²) in [5, 5.41) is 40.6. The molecule has 2 aromatic rings. The summed E-state index contributed by atoms with van der Waals surface area (Å²) in [4.78, 5) is 12.5. The average Bonchev–Trinajstić information content (AvgIpc) is 2.55. The Labute approximate surface area is 156 Å². The van der Waals surface area contributed by atoms with Crippen LogP contribution in [0.3, 0.4) is 0 Å². The molecule has 7 nitrogen and oxygen atoms in total. The van der Waals surface area contributed by atoms with Crippen molar-refractivity contribution < 1.29 is 29.6 Å². The maximum atomic E-state index is 12.5. The van der Waals surface area contributed by atoms with Crippen molar-refractivity contribution in [1.29, 1.82) is 0 Å². The minimum Gasteiger partial charge on any atom is -0.506 e. The van der Waals surface area contributed by atoms with Crippen LogP contribution in [-0.4, -0.2) is 37.7 Å². The Morgan fingerprint density at radius 1 is 1.30 bits per heavy atom. The van der Waals surface area contributed by atoms with E-state index in [1.54, 1.807) is 12.2 Å². The molecule has 2 heterocycles. The van der Waals surface area contributed by atoms with Gasteiger partial charge in [0.15, 0.2) is 5.43 Å². The lowest BCUT2D eigenvalue weighted by Gasteiger charge is -2.32. The Hall–Kier alpha value is -2.35. The standard InChI is InChI=1S/C20H24O7/c1-19(2)6-5-11-16(24)15-13(22)7-10(9-21)26-18(15)12(17(11)27-19)8-14(23)20(3,4)25/h5-7,14,21,23-25H,8-9H2,1-4H3. The van der Waals surface area contributed by atoms with Crippen LogP contribution >= 0.6 is 0 Å². The Kier molecular flexibility index (Phi) is 4.58. The third-order valence-corrected chi connectivity index (χ3v) is 4.67. The fraction of sp³-hybridized carbons (Fsp3) is 0.450. The van der Waals surface area contributed by atoms with E-state index in [1.807, 2.05) is 13.8 Å². The Morgan fingerprint density at radius 3 is 2.56 bits per heavy atom. The zero-order valence-electron chi connectivity index (χ0n) is 15.7. The van der Waals surface area contributed by atoms with E-state index >= 15 is 0 Å². The van der Waals surface area contributed by atoms with Crippen LogP contribution in [0.2, 0.25) is 0 Å². The summed E-state index contributed by atoms with van der Waals surface area (Å²) in [5.74, 6) is 0.0111. The third-order valence-electron chi connectivity index (χ3n) is 4.67. The number of rotatable bonds is 4. The van der Waals surface area contributed by atoms with Gasteiger partial charge in [-0.1, -0.05) is 0 Å². The first-order valence-corrected chi connectivity index (χ1v) is 8.68. The maximum absolute atomic E-state index is 12.5. The normalized spacial score (nSPS) is 16.9. The molecule has 3 rings (SSSR count). The molecular formula is C20H24O7. The van der Waals surface area contributed by atoms with Crippen LogP contribution < -0.4 is 10.2 Å². The van der Waals surface area contributed by atoms with E-state index in [0.29, 0.717) is 11.1 Å². The van der Waals surface area contributed by atoms with Gasteiger partial charge < -0.3 is 29.6 Å². The lowest BCUT2D eigenvalue weighted by molar-refractivity contribution is -0.0472. The molecule has 1 aromatic heterocycles. The van der Waals surface area contributed by atoms with E-state index in [4.69, 9.17) is 9.15 Å². The van der Waals surface area contributed by atoms with Crippen LogP contribution in [-0.2, 0) is 13.0 Å². The van der Waals surface area contributed by atoms with Crippen molar-refractivity contribution in [2.24, 2.45) is 0 Å². The highest BCUT2D eigenvalue weighted by atomic mass is 16.5. The fourth-order valence-electron chi connectivity index (χ4n) is 3.05. The number of aromatic hydroxyl groups is 1. The first-order chi connectivity index (χ1) is 12.4.